The van der Waals surface area contributed by atoms with Crippen molar-refractivity contribution in [2.45, 2.75) is 31.8 Å². The number of carbonyl (C=O) groups excluding carboxylic acids is 1. The monoisotopic (exact) mass is 374 g/mol. The van der Waals surface area contributed by atoms with Gasteiger partial charge in [-0.2, -0.15) is 0 Å². The molecule has 0 atom stereocenters. The van der Waals surface area contributed by atoms with Crippen LogP contribution in [-0.2, 0) is 4.74 Å². The lowest BCUT2D eigenvalue weighted by molar-refractivity contribution is 0.0366. The summed E-state index contributed by atoms with van der Waals surface area (Å²) < 4.78 is 5.63. The number of amides is 1. The first-order chi connectivity index (χ1) is 12.5. The summed E-state index contributed by atoms with van der Waals surface area (Å²) in [4.78, 5) is 24.8. The number of halogens is 1. The average molecular weight is 375 g/mol. The molecule has 4 heterocycles. The maximum Gasteiger partial charge on any atom is 0.410 e. The lowest BCUT2D eigenvalue weighted by Gasteiger charge is -2.38. The molecule has 0 saturated carbocycles. The van der Waals surface area contributed by atoms with Crippen molar-refractivity contribution in [2.24, 2.45) is 4.99 Å². The molecule has 6 nitrogen and oxygen atoms in total. The van der Waals surface area contributed by atoms with Crippen molar-refractivity contribution in [3.8, 4) is 0 Å². The van der Waals surface area contributed by atoms with Crippen molar-refractivity contribution in [1.82, 2.24) is 9.88 Å². The quantitative estimate of drug-likeness (QED) is 0.797. The molecule has 3 aliphatic rings. The molecule has 0 unspecified atom stereocenters. The second kappa shape index (κ2) is 6.58. The molecule has 0 aliphatic carbocycles. The lowest BCUT2D eigenvalue weighted by Crippen LogP contribution is -2.47. The predicted octanol–water partition coefficient (Wildman–Crippen LogP) is 3.30. The lowest BCUT2D eigenvalue weighted by atomic mass is 9.91. The van der Waals surface area contributed by atoms with E-state index < -0.39 is 0 Å². The zero-order valence-corrected chi connectivity index (χ0v) is 15.9. The van der Waals surface area contributed by atoms with E-state index >= 15 is 0 Å². The summed E-state index contributed by atoms with van der Waals surface area (Å²) >= 11 is 6.41. The summed E-state index contributed by atoms with van der Waals surface area (Å²) in [6.07, 6.45) is 6.29. The van der Waals surface area contributed by atoms with Crippen LogP contribution < -0.4 is 4.90 Å². The third-order valence-corrected chi connectivity index (χ3v) is 5.76. The fraction of sp³-hybridized carbons (Fsp3) is 0.526. The van der Waals surface area contributed by atoms with E-state index in [4.69, 9.17) is 16.3 Å². The van der Waals surface area contributed by atoms with Crippen LogP contribution >= 0.6 is 11.6 Å². The fourth-order valence-corrected chi connectivity index (χ4v) is 4.15. The van der Waals surface area contributed by atoms with Gasteiger partial charge in [-0.25, -0.2) is 9.78 Å². The molecule has 0 N–H and O–H groups in total. The summed E-state index contributed by atoms with van der Waals surface area (Å²) in [5.41, 5.74) is 2.72. The summed E-state index contributed by atoms with van der Waals surface area (Å²) in [6.45, 7) is 5.14. The van der Waals surface area contributed by atoms with Gasteiger partial charge < -0.3 is 14.5 Å². The smallest absolute Gasteiger partial charge is 0.410 e. The Kier molecular flexibility index (Phi) is 4.39. The second-order valence-electron chi connectivity index (χ2n) is 7.32. The summed E-state index contributed by atoms with van der Waals surface area (Å²) in [6, 6.07) is 2.04. The molecule has 0 aromatic carbocycles. The van der Waals surface area contributed by atoms with Gasteiger partial charge in [0.25, 0.3) is 0 Å². The molecule has 1 aromatic rings. The number of dihydropyridines is 1. The average Bonchev–Trinajstić information content (AvgIpc) is 2.90. The van der Waals surface area contributed by atoms with Crippen LogP contribution in [0.5, 0.6) is 0 Å². The third kappa shape index (κ3) is 3.07. The van der Waals surface area contributed by atoms with Gasteiger partial charge in [-0.3, -0.25) is 4.99 Å². The maximum absolute atomic E-state index is 11.7. The van der Waals surface area contributed by atoms with Crippen LogP contribution in [0.2, 0.25) is 5.02 Å². The van der Waals surface area contributed by atoms with E-state index in [-0.39, 0.29) is 11.7 Å². The molecular formula is C19H23ClN4O2. The first-order valence-electron chi connectivity index (χ1n) is 9.04. The van der Waals surface area contributed by atoms with E-state index in [0.717, 1.165) is 61.6 Å². The maximum atomic E-state index is 11.7. The third-order valence-electron chi connectivity index (χ3n) is 5.46. The minimum Gasteiger partial charge on any atom is -0.441 e. The van der Waals surface area contributed by atoms with Gasteiger partial charge in [-0.15, -0.1) is 0 Å². The minimum absolute atomic E-state index is 0.220. The normalized spacial score (nSPS) is 22.3. The molecule has 7 heteroatoms. The van der Waals surface area contributed by atoms with Crippen LogP contribution in [0, 0.1) is 0 Å². The highest BCUT2D eigenvalue weighted by molar-refractivity contribution is 6.35. The molecule has 2 saturated heterocycles. The number of pyridine rings is 1. The van der Waals surface area contributed by atoms with Crippen LogP contribution in [0.3, 0.4) is 0 Å². The number of carbonyl (C=O) groups is 1. The standard InChI is InChI=1S/C19H23ClN4O2/c1-13-4-3-7-21-17(13)14-10-16(22-11-15(14)20)24-8-5-19(6-9-24)12-23(2)18(25)26-19/h4,10-11H,3,5-9,12H2,1-2H3. The molecule has 3 aliphatic heterocycles. The van der Waals surface area contributed by atoms with E-state index in [2.05, 4.69) is 27.9 Å². The molecule has 1 aromatic heterocycles. The van der Waals surface area contributed by atoms with Gasteiger partial charge in [-0.05, 0) is 25.0 Å². The van der Waals surface area contributed by atoms with Crippen LogP contribution in [0.1, 0.15) is 31.7 Å². The Labute approximate surface area is 158 Å². The van der Waals surface area contributed by atoms with Crippen molar-refractivity contribution in [3.63, 3.8) is 0 Å². The zero-order valence-electron chi connectivity index (χ0n) is 15.2. The number of ether oxygens (including phenoxy) is 1. The summed E-state index contributed by atoms with van der Waals surface area (Å²) in [7, 11) is 1.79. The van der Waals surface area contributed by atoms with E-state index in [9.17, 15) is 4.79 Å². The Morgan fingerprint density at radius 2 is 2.08 bits per heavy atom. The second-order valence-corrected chi connectivity index (χ2v) is 7.73. The number of anilines is 1. The van der Waals surface area contributed by atoms with Gasteiger partial charge in [0.05, 0.1) is 17.3 Å². The topological polar surface area (TPSA) is 58.0 Å². The van der Waals surface area contributed by atoms with Crippen LogP contribution in [-0.4, -0.2) is 60.5 Å². The summed E-state index contributed by atoms with van der Waals surface area (Å²) in [5, 5.41) is 0.627. The Balaban J connectivity index is 1.53. The van der Waals surface area contributed by atoms with Gasteiger partial charge >= 0.3 is 6.09 Å². The number of nitrogens with zero attached hydrogens (tertiary/aromatic N) is 4. The first-order valence-corrected chi connectivity index (χ1v) is 9.42. The van der Waals surface area contributed by atoms with Crippen molar-refractivity contribution in [1.29, 1.82) is 0 Å². The van der Waals surface area contributed by atoms with Gasteiger partial charge in [-0.1, -0.05) is 17.7 Å². The number of rotatable bonds is 2. The first kappa shape index (κ1) is 17.3. The number of aliphatic imine (C=N–C) groups is 1. The Hall–Kier alpha value is -2.08. The largest absolute Gasteiger partial charge is 0.441 e. The summed E-state index contributed by atoms with van der Waals surface area (Å²) in [5.74, 6) is 0.901. The highest BCUT2D eigenvalue weighted by Crippen LogP contribution is 2.34. The van der Waals surface area contributed by atoms with E-state index in [1.54, 1.807) is 18.1 Å². The molecule has 138 valence electrons. The highest BCUT2D eigenvalue weighted by Gasteiger charge is 2.45. The molecule has 2 fully saturated rings. The Morgan fingerprint density at radius 3 is 2.73 bits per heavy atom. The van der Waals surface area contributed by atoms with E-state index in [1.807, 2.05) is 6.07 Å². The number of aromatic nitrogens is 1. The van der Waals surface area contributed by atoms with Crippen molar-refractivity contribution in [3.05, 3.63) is 34.5 Å². The Bertz CT molecular complexity index is 797. The van der Waals surface area contributed by atoms with Gasteiger partial charge in [0, 0.05) is 51.3 Å². The Morgan fingerprint density at radius 1 is 1.31 bits per heavy atom. The SMILES string of the molecule is CC1=CCCN=C1c1cc(N2CCC3(CC2)CN(C)C(=O)O3)ncc1Cl. The van der Waals surface area contributed by atoms with Gasteiger partial charge in [0.15, 0.2) is 0 Å². The fourth-order valence-electron chi connectivity index (χ4n) is 3.95. The highest BCUT2D eigenvalue weighted by atomic mass is 35.5. The van der Waals surface area contributed by atoms with Crippen molar-refractivity contribution < 1.29 is 9.53 Å². The molecule has 0 radical (unpaired) electrons. The van der Waals surface area contributed by atoms with Crippen molar-refractivity contribution >= 4 is 29.2 Å². The van der Waals surface area contributed by atoms with Crippen LogP contribution in [0.25, 0.3) is 0 Å². The molecule has 0 bridgehead atoms. The number of likely N-dealkylation sites (N-methyl/N-ethyl adjacent to an activating group) is 1. The molecule has 4 rings (SSSR count). The number of hydrogen-bond acceptors (Lipinski definition) is 5. The zero-order chi connectivity index (χ0) is 18.3. The van der Waals surface area contributed by atoms with Crippen molar-refractivity contribution in [2.75, 3.05) is 38.1 Å². The molecule has 26 heavy (non-hydrogen) atoms. The van der Waals surface area contributed by atoms with E-state index in [0.29, 0.717) is 11.6 Å². The molecule has 1 amide bonds. The van der Waals surface area contributed by atoms with Gasteiger partial charge in [0.2, 0.25) is 0 Å². The van der Waals surface area contributed by atoms with E-state index in [1.165, 1.54) is 0 Å². The van der Waals surface area contributed by atoms with Crippen LogP contribution in [0.15, 0.2) is 28.9 Å². The number of hydrogen-bond donors (Lipinski definition) is 0. The number of allylic oxidation sites excluding steroid dienone is 1. The minimum atomic E-state index is -0.343. The van der Waals surface area contributed by atoms with Gasteiger partial charge in [0.1, 0.15) is 11.4 Å². The predicted molar refractivity (Wildman–Crippen MR) is 102 cm³/mol. The molecule has 1 spiro atoms. The molecular weight excluding hydrogens is 352 g/mol. The number of piperidine rings is 1. The van der Waals surface area contributed by atoms with Crippen LogP contribution in [0.4, 0.5) is 10.6 Å².